The van der Waals surface area contributed by atoms with Crippen molar-refractivity contribution in [2.45, 2.75) is 62.7 Å². The van der Waals surface area contributed by atoms with Crippen LogP contribution in [0, 0.1) is 0 Å². The number of para-hydroxylation sites is 1. The zero-order chi connectivity index (χ0) is 31.5. The molecule has 11 N–H and O–H groups in total. The van der Waals surface area contributed by atoms with Gasteiger partial charge < -0.3 is 47.6 Å². The number of H-pyrrole nitrogens is 2. The van der Waals surface area contributed by atoms with Crippen LogP contribution in [0.1, 0.15) is 36.9 Å². The van der Waals surface area contributed by atoms with Crippen LogP contribution < -0.4 is 27.4 Å². The number of aromatic amines is 2. The average molecular weight is 599 g/mol. The smallest absolute Gasteiger partial charge is 0.326 e. The number of carbonyl (C=O) groups is 6. The lowest BCUT2D eigenvalue weighted by atomic mass is 10.0. The fraction of sp³-hybridized carbons (Fsp3) is 0.370. The Morgan fingerprint density at radius 3 is 2.12 bits per heavy atom. The van der Waals surface area contributed by atoms with E-state index in [0.29, 0.717) is 11.3 Å². The number of carboxylic acids is 2. The van der Waals surface area contributed by atoms with E-state index in [1.807, 2.05) is 18.2 Å². The predicted molar refractivity (Wildman–Crippen MR) is 151 cm³/mol. The summed E-state index contributed by atoms with van der Waals surface area (Å²) in [6.07, 6.45) is 3.22. The second-order valence-corrected chi connectivity index (χ2v) is 9.91. The van der Waals surface area contributed by atoms with Gasteiger partial charge in [-0.15, -0.1) is 0 Å². The third-order valence-electron chi connectivity index (χ3n) is 6.64. The molecule has 0 spiro atoms. The highest BCUT2D eigenvalue weighted by molar-refractivity contribution is 5.95. The number of nitrogens with two attached hydrogens (primary N) is 2. The van der Waals surface area contributed by atoms with Gasteiger partial charge in [-0.25, -0.2) is 9.78 Å². The zero-order valence-electron chi connectivity index (χ0n) is 23.0. The summed E-state index contributed by atoms with van der Waals surface area (Å²) in [5.74, 6) is -5.71. The molecule has 0 radical (unpaired) electrons. The number of fused-ring (bicyclic) bond motifs is 1. The Hall–Kier alpha value is -5.25. The summed E-state index contributed by atoms with van der Waals surface area (Å²) in [6.45, 7) is 0. The van der Waals surface area contributed by atoms with E-state index in [4.69, 9.17) is 16.6 Å². The summed E-state index contributed by atoms with van der Waals surface area (Å²) in [5, 5.41) is 26.7. The van der Waals surface area contributed by atoms with E-state index in [1.165, 1.54) is 12.5 Å². The summed E-state index contributed by atoms with van der Waals surface area (Å²) in [5.41, 5.74) is 12.9. The largest absolute Gasteiger partial charge is 0.481 e. The summed E-state index contributed by atoms with van der Waals surface area (Å²) < 4.78 is 0. The number of benzene rings is 1. The number of nitrogens with one attached hydrogen (secondary N) is 5. The van der Waals surface area contributed by atoms with Gasteiger partial charge in [0.05, 0.1) is 12.4 Å². The van der Waals surface area contributed by atoms with Gasteiger partial charge in [-0.3, -0.25) is 24.0 Å². The molecular weight excluding hydrogens is 564 g/mol. The van der Waals surface area contributed by atoms with Gasteiger partial charge in [0, 0.05) is 54.7 Å². The van der Waals surface area contributed by atoms with Crippen LogP contribution in [0.5, 0.6) is 0 Å². The van der Waals surface area contributed by atoms with Gasteiger partial charge in [0.2, 0.25) is 23.6 Å². The Balaban J connectivity index is 1.86. The van der Waals surface area contributed by atoms with Gasteiger partial charge in [-0.1, -0.05) is 18.2 Å². The number of imidazole rings is 1. The Bertz CT molecular complexity index is 1450. The molecule has 4 atom stereocenters. The predicted octanol–water partition coefficient (Wildman–Crippen LogP) is -1.33. The number of aromatic nitrogens is 3. The van der Waals surface area contributed by atoms with Crippen LogP contribution in [0.3, 0.4) is 0 Å². The SMILES string of the molecule is NC(=O)CCC(NC(=O)C(Cc1c[nH]c2ccccc12)NC(=O)C(Cc1cnc[nH]1)NC(=O)C(N)CCC(=O)O)C(=O)O. The molecule has 230 valence electrons. The van der Waals surface area contributed by atoms with Gasteiger partial charge in [-0.2, -0.15) is 0 Å². The van der Waals surface area contributed by atoms with Crippen molar-refractivity contribution in [3.8, 4) is 0 Å². The van der Waals surface area contributed by atoms with E-state index < -0.39 is 59.7 Å². The molecule has 43 heavy (non-hydrogen) atoms. The van der Waals surface area contributed by atoms with Crippen LogP contribution >= 0.6 is 0 Å². The lowest BCUT2D eigenvalue weighted by Crippen LogP contribution is -2.58. The number of carbonyl (C=O) groups excluding carboxylic acids is 4. The van der Waals surface area contributed by atoms with E-state index in [1.54, 1.807) is 12.3 Å². The Kier molecular flexibility index (Phi) is 11.3. The maximum atomic E-state index is 13.6. The second-order valence-electron chi connectivity index (χ2n) is 9.91. The first-order valence-corrected chi connectivity index (χ1v) is 13.4. The zero-order valence-corrected chi connectivity index (χ0v) is 23.0. The van der Waals surface area contributed by atoms with Crippen LogP contribution in [0.15, 0.2) is 43.0 Å². The minimum Gasteiger partial charge on any atom is -0.481 e. The number of nitrogens with zero attached hydrogens (tertiary/aromatic N) is 1. The molecule has 0 aliphatic carbocycles. The molecule has 4 unspecified atom stereocenters. The van der Waals surface area contributed by atoms with E-state index in [2.05, 4.69) is 30.9 Å². The van der Waals surface area contributed by atoms with Crippen molar-refractivity contribution in [1.29, 1.82) is 0 Å². The fourth-order valence-electron chi connectivity index (χ4n) is 4.33. The van der Waals surface area contributed by atoms with Crippen LogP contribution in [0.2, 0.25) is 0 Å². The van der Waals surface area contributed by atoms with Crippen LogP contribution in [-0.2, 0) is 41.6 Å². The first-order valence-electron chi connectivity index (χ1n) is 13.4. The van der Waals surface area contributed by atoms with Gasteiger partial charge in [0.15, 0.2) is 0 Å². The second kappa shape index (κ2) is 15.1. The van der Waals surface area contributed by atoms with Gasteiger partial charge >= 0.3 is 11.9 Å². The number of carboxylic acid groups (broad SMARTS) is 2. The van der Waals surface area contributed by atoms with Gasteiger partial charge in [0.25, 0.3) is 0 Å². The van der Waals surface area contributed by atoms with Crippen LogP contribution in [-0.4, -0.2) is 84.9 Å². The van der Waals surface area contributed by atoms with E-state index in [0.717, 1.165) is 10.9 Å². The monoisotopic (exact) mass is 598 g/mol. The molecular formula is C27H34N8O8. The molecule has 4 amide bonds. The molecule has 2 aromatic heterocycles. The van der Waals surface area contributed by atoms with Crippen molar-refractivity contribution >= 4 is 46.5 Å². The standard InChI is InChI=1S/C27H34N8O8/c28-17(5-8-23(37)38)24(39)34-21(10-15-12-30-13-32-15)26(41)35-20(9-14-11-31-18-4-2-1-3-16(14)18)25(40)33-19(27(42)43)6-7-22(29)36/h1-4,11-13,17,19-21,31H,5-10,28H2,(H2,29,36)(H,30,32)(H,33,40)(H,34,39)(H,35,41)(H,37,38)(H,42,43). The van der Waals surface area contributed by atoms with Crippen molar-refractivity contribution in [3.05, 3.63) is 54.2 Å². The highest BCUT2D eigenvalue weighted by atomic mass is 16.4. The molecule has 16 nitrogen and oxygen atoms in total. The van der Waals surface area contributed by atoms with E-state index in [-0.39, 0.29) is 38.5 Å². The molecule has 0 aliphatic heterocycles. The number of hydrogen-bond acceptors (Lipinski definition) is 8. The average Bonchev–Trinajstić information content (AvgIpc) is 3.62. The molecule has 0 saturated heterocycles. The van der Waals surface area contributed by atoms with Crippen LogP contribution in [0.4, 0.5) is 0 Å². The van der Waals surface area contributed by atoms with Crippen molar-refractivity contribution in [2.75, 3.05) is 0 Å². The molecule has 0 fully saturated rings. The van der Waals surface area contributed by atoms with E-state index in [9.17, 15) is 33.9 Å². The molecule has 3 aromatic rings. The van der Waals surface area contributed by atoms with Crippen molar-refractivity contribution in [2.24, 2.45) is 11.5 Å². The topological polar surface area (TPSA) is 275 Å². The highest BCUT2D eigenvalue weighted by Gasteiger charge is 2.31. The lowest BCUT2D eigenvalue weighted by molar-refractivity contribution is -0.142. The molecule has 1 aromatic carbocycles. The highest BCUT2D eigenvalue weighted by Crippen LogP contribution is 2.19. The van der Waals surface area contributed by atoms with E-state index >= 15 is 0 Å². The summed E-state index contributed by atoms with van der Waals surface area (Å²) in [7, 11) is 0. The Morgan fingerprint density at radius 2 is 1.49 bits per heavy atom. The number of aliphatic carboxylic acids is 2. The minimum absolute atomic E-state index is 0.0629. The molecule has 3 rings (SSSR count). The lowest BCUT2D eigenvalue weighted by Gasteiger charge is -2.25. The quantitative estimate of drug-likeness (QED) is 0.0883. The number of primary amides is 1. The number of rotatable bonds is 17. The van der Waals surface area contributed by atoms with Crippen molar-refractivity contribution in [3.63, 3.8) is 0 Å². The molecule has 0 aliphatic rings. The number of amides is 4. The van der Waals surface area contributed by atoms with Crippen LogP contribution in [0.25, 0.3) is 10.9 Å². The maximum absolute atomic E-state index is 13.6. The molecule has 0 bridgehead atoms. The molecule has 2 heterocycles. The minimum atomic E-state index is -1.46. The Labute approximate surface area is 245 Å². The fourth-order valence-corrected chi connectivity index (χ4v) is 4.33. The maximum Gasteiger partial charge on any atom is 0.326 e. The van der Waals surface area contributed by atoms with Gasteiger partial charge in [0.1, 0.15) is 18.1 Å². The molecule has 16 heteroatoms. The third-order valence-corrected chi connectivity index (χ3v) is 6.64. The first kappa shape index (κ1) is 32.3. The normalized spacial score (nSPS) is 13.8. The molecule has 0 saturated carbocycles. The van der Waals surface area contributed by atoms with Crippen molar-refractivity contribution in [1.82, 2.24) is 30.9 Å². The number of hydrogen-bond donors (Lipinski definition) is 9. The summed E-state index contributed by atoms with van der Waals surface area (Å²) in [6, 6.07) is 1.97. The summed E-state index contributed by atoms with van der Waals surface area (Å²) in [4.78, 5) is 83.4. The summed E-state index contributed by atoms with van der Waals surface area (Å²) >= 11 is 0. The first-order chi connectivity index (χ1) is 20.4. The third kappa shape index (κ3) is 9.67. The van der Waals surface area contributed by atoms with Gasteiger partial charge in [-0.05, 0) is 24.5 Å². The Morgan fingerprint density at radius 1 is 0.837 bits per heavy atom. The van der Waals surface area contributed by atoms with Crippen molar-refractivity contribution < 1.29 is 39.0 Å².